The van der Waals surface area contributed by atoms with Gasteiger partial charge >= 0.3 is 7.12 Å². The quantitative estimate of drug-likeness (QED) is 0.846. The van der Waals surface area contributed by atoms with E-state index in [4.69, 9.17) is 9.31 Å². The maximum Gasteiger partial charge on any atom is 0.496 e. The summed E-state index contributed by atoms with van der Waals surface area (Å²) in [6.45, 7) is 8.15. The van der Waals surface area contributed by atoms with Gasteiger partial charge in [-0.2, -0.15) is 0 Å². The van der Waals surface area contributed by atoms with E-state index in [1.807, 2.05) is 33.8 Å². The smallest absolute Gasteiger partial charge is 0.399 e. The van der Waals surface area contributed by atoms with Crippen molar-refractivity contribution in [2.45, 2.75) is 38.9 Å². The fourth-order valence-corrected chi connectivity index (χ4v) is 2.12. The van der Waals surface area contributed by atoms with Crippen molar-refractivity contribution in [1.82, 2.24) is 15.0 Å². The van der Waals surface area contributed by atoms with Crippen LogP contribution >= 0.6 is 0 Å². The first-order valence-corrected chi connectivity index (χ1v) is 6.69. The first-order valence-electron chi connectivity index (χ1n) is 6.69. The van der Waals surface area contributed by atoms with Gasteiger partial charge in [-0.1, -0.05) is 0 Å². The van der Waals surface area contributed by atoms with Gasteiger partial charge in [-0.3, -0.25) is 4.98 Å². The molecule has 104 valence electrons. The Morgan fingerprint density at radius 1 is 1.10 bits per heavy atom. The number of aromatic amines is 1. The number of nitrogens with zero attached hydrogens (tertiary/aromatic N) is 2. The van der Waals surface area contributed by atoms with Crippen LogP contribution in [0.4, 0.5) is 0 Å². The summed E-state index contributed by atoms with van der Waals surface area (Å²) in [5, 5.41) is 0. The van der Waals surface area contributed by atoms with Crippen molar-refractivity contribution in [3.63, 3.8) is 0 Å². The molecule has 2 aromatic heterocycles. The molecule has 0 atom stereocenters. The average Bonchev–Trinajstić information content (AvgIpc) is 2.97. The van der Waals surface area contributed by atoms with Crippen LogP contribution in [0.5, 0.6) is 0 Å². The minimum atomic E-state index is -0.401. The number of hydrogen-bond donors (Lipinski definition) is 1. The Hall–Kier alpha value is -1.66. The molecule has 20 heavy (non-hydrogen) atoms. The zero-order valence-corrected chi connectivity index (χ0v) is 12.2. The number of nitrogens with one attached hydrogen (secondary N) is 1. The zero-order chi connectivity index (χ0) is 14.4. The van der Waals surface area contributed by atoms with E-state index in [1.165, 1.54) is 0 Å². The maximum absolute atomic E-state index is 6.03. The SMILES string of the molecule is CC1(C)OB(c2cncc(-c3ncc[nH]3)c2)OC1(C)C. The van der Waals surface area contributed by atoms with Gasteiger partial charge in [0, 0.05) is 35.8 Å². The normalized spacial score (nSPS) is 20.3. The number of rotatable bonds is 2. The second-order valence-corrected chi connectivity index (χ2v) is 6.03. The van der Waals surface area contributed by atoms with Crippen LogP contribution in [0.25, 0.3) is 11.4 Å². The predicted molar refractivity (Wildman–Crippen MR) is 77.5 cm³/mol. The molecule has 1 N–H and O–H groups in total. The molecular weight excluding hydrogens is 253 g/mol. The van der Waals surface area contributed by atoms with Gasteiger partial charge in [0.05, 0.1) is 11.2 Å². The van der Waals surface area contributed by atoms with Crippen LogP contribution in [-0.4, -0.2) is 33.3 Å². The standard InChI is InChI=1S/C14H18BN3O2/c1-13(2)14(3,4)20-15(19-13)11-7-10(8-16-9-11)12-17-5-6-18-12/h5-9H,1-4H3,(H,17,18). The van der Waals surface area contributed by atoms with Crippen molar-refractivity contribution in [1.29, 1.82) is 0 Å². The maximum atomic E-state index is 6.03. The number of aromatic nitrogens is 3. The Kier molecular flexibility index (Phi) is 2.95. The molecule has 1 aliphatic rings. The van der Waals surface area contributed by atoms with Crippen LogP contribution in [0, 0.1) is 0 Å². The lowest BCUT2D eigenvalue weighted by Gasteiger charge is -2.32. The Bertz CT molecular complexity index is 595. The molecule has 0 amide bonds. The molecule has 5 nitrogen and oxygen atoms in total. The topological polar surface area (TPSA) is 60.0 Å². The Labute approximate surface area is 118 Å². The first-order chi connectivity index (χ1) is 9.39. The van der Waals surface area contributed by atoms with Gasteiger partial charge in [0.15, 0.2) is 0 Å². The van der Waals surface area contributed by atoms with E-state index < -0.39 is 7.12 Å². The highest BCUT2D eigenvalue weighted by molar-refractivity contribution is 6.62. The molecule has 0 bridgehead atoms. The van der Waals surface area contributed by atoms with Gasteiger partial charge in [0.1, 0.15) is 5.82 Å². The van der Waals surface area contributed by atoms with Crippen LogP contribution in [-0.2, 0) is 9.31 Å². The summed E-state index contributed by atoms with van der Waals surface area (Å²) >= 11 is 0. The van der Waals surface area contributed by atoms with Crippen LogP contribution in [0.2, 0.25) is 0 Å². The Balaban J connectivity index is 1.91. The monoisotopic (exact) mass is 271 g/mol. The third-order valence-electron chi connectivity index (χ3n) is 4.06. The Morgan fingerprint density at radius 3 is 2.40 bits per heavy atom. The van der Waals surface area contributed by atoms with E-state index in [-0.39, 0.29) is 11.2 Å². The molecule has 3 heterocycles. The average molecular weight is 271 g/mol. The summed E-state index contributed by atoms with van der Waals surface area (Å²) in [5.74, 6) is 0.788. The molecule has 1 fully saturated rings. The molecule has 1 aliphatic heterocycles. The van der Waals surface area contributed by atoms with Crippen molar-refractivity contribution >= 4 is 12.6 Å². The van der Waals surface area contributed by atoms with E-state index in [0.717, 1.165) is 16.9 Å². The summed E-state index contributed by atoms with van der Waals surface area (Å²) in [5.41, 5.74) is 1.12. The molecule has 0 aliphatic carbocycles. The molecule has 0 aromatic carbocycles. The van der Waals surface area contributed by atoms with Crippen LogP contribution in [0.3, 0.4) is 0 Å². The molecule has 2 aromatic rings. The fraction of sp³-hybridized carbons (Fsp3) is 0.429. The summed E-state index contributed by atoms with van der Waals surface area (Å²) in [6, 6.07) is 1.99. The molecule has 0 saturated carbocycles. The molecular formula is C14H18BN3O2. The van der Waals surface area contributed by atoms with Gasteiger partial charge < -0.3 is 14.3 Å². The van der Waals surface area contributed by atoms with Crippen molar-refractivity contribution in [3.05, 3.63) is 30.9 Å². The van der Waals surface area contributed by atoms with Crippen molar-refractivity contribution in [3.8, 4) is 11.4 Å². The van der Waals surface area contributed by atoms with Gasteiger partial charge in [-0.25, -0.2) is 4.98 Å². The van der Waals surface area contributed by atoms with Gasteiger partial charge in [0.25, 0.3) is 0 Å². The number of hydrogen-bond acceptors (Lipinski definition) is 4. The molecule has 6 heteroatoms. The molecule has 0 unspecified atom stereocenters. The molecule has 0 radical (unpaired) electrons. The predicted octanol–water partition coefficient (Wildman–Crippen LogP) is 1.77. The first kappa shape index (κ1) is 13.3. The summed E-state index contributed by atoms with van der Waals surface area (Å²) in [7, 11) is -0.401. The van der Waals surface area contributed by atoms with Crippen molar-refractivity contribution < 1.29 is 9.31 Å². The summed E-state index contributed by atoms with van der Waals surface area (Å²) in [6.07, 6.45) is 7.05. The minimum absolute atomic E-state index is 0.349. The fourth-order valence-electron chi connectivity index (χ4n) is 2.12. The Morgan fingerprint density at radius 2 is 1.80 bits per heavy atom. The second kappa shape index (κ2) is 4.43. The highest BCUT2D eigenvalue weighted by atomic mass is 16.7. The van der Waals surface area contributed by atoms with E-state index >= 15 is 0 Å². The van der Waals surface area contributed by atoms with Crippen LogP contribution < -0.4 is 5.46 Å². The molecule has 3 rings (SSSR count). The molecule has 0 spiro atoms. The minimum Gasteiger partial charge on any atom is -0.399 e. The zero-order valence-electron chi connectivity index (χ0n) is 12.2. The molecule has 1 saturated heterocycles. The lowest BCUT2D eigenvalue weighted by molar-refractivity contribution is 0.00578. The van der Waals surface area contributed by atoms with Crippen LogP contribution in [0.15, 0.2) is 30.9 Å². The van der Waals surface area contributed by atoms with Crippen molar-refractivity contribution in [2.24, 2.45) is 0 Å². The number of imidazole rings is 1. The lowest BCUT2D eigenvalue weighted by Crippen LogP contribution is -2.41. The van der Waals surface area contributed by atoms with Gasteiger partial charge in [-0.15, -0.1) is 0 Å². The van der Waals surface area contributed by atoms with E-state index in [9.17, 15) is 0 Å². The van der Waals surface area contributed by atoms with Gasteiger partial charge in [-0.05, 0) is 33.8 Å². The number of H-pyrrole nitrogens is 1. The third-order valence-corrected chi connectivity index (χ3v) is 4.06. The largest absolute Gasteiger partial charge is 0.496 e. The van der Waals surface area contributed by atoms with Crippen LogP contribution in [0.1, 0.15) is 27.7 Å². The lowest BCUT2D eigenvalue weighted by atomic mass is 9.80. The summed E-state index contributed by atoms with van der Waals surface area (Å²) in [4.78, 5) is 11.6. The van der Waals surface area contributed by atoms with E-state index in [0.29, 0.717) is 0 Å². The number of pyridine rings is 1. The van der Waals surface area contributed by atoms with Crippen molar-refractivity contribution in [2.75, 3.05) is 0 Å². The summed E-state index contributed by atoms with van der Waals surface area (Å²) < 4.78 is 12.1. The highest BCUT2D eigenvalue weighted by Gasteiger charge is 2.51. The highest BCUT2D eigenvalue weighted by Crippen LogP contribution is 2.36. The second-order valence-electron chi connectivity index (χ2n) is 6.03. The van der Waals surface area contributed by atoms with E-state index in [2.05, 4.69) is 15.0 Å². The van der Waals surface area contributed by atoms with Gasteiger partial charge in [0.2, 0.25) is 0 Å². The van der Waals surface area contributed by atoms with E-state index in [1.54, 1.807) is 24.8 Å². The third kappa shape index (κ3) is 2.15.